The normalized spacial score (nSPS) is 9.00. The Hall–Kier alpha value is -1.66. The van der Waals surface area contributed by atoms with Gasteiger partial charge in [0.25, 0.3) is 0 Å². The molecule has 4 nitrogen and oxygen atoms in total. The predicted molar refractivity (Wildman–Crippen MR) is 75.1 cm³/mol. The molecule has 0 atom stereocenters. The highest BCUT2D eigenvalue weighted by atomic mass is 32.1. The topological polar surface area (TPSA) is 59.9 Å². The van der Waals surface area contributed by atoms with Crippen molar-refractivity contribution in [1.82, 2.24) is 9.97 Å². The maximum absolute atomic E-state index is 10.7. The fourth-order valence-electron chi connectivity index (χ4n) is 0.986. The molecule has 0 aliphatic heterocycles. The number of carbonyl (C=O) groups is 2. The fourth-order valence-corrected chi connectivity index (χ4v) is 1.23. The van der Waals surface area contributed by atoms with Crippen LogP contribution in [0.4, 0.5) is 0 Å². The minimum absolute atomic E-state index is 0.151. The number of carbonyl (C=O) groups excluding carboxylic acids is 2. The zero-order valence-electron chi connectivity index (χ0n) is 9.22. The molecule has 18 heavy (non-hydrogen) atoms. The van der Waals surface area contributed by atoms with Crippen LogP contribution in [0.3, 0.4) is 0 Å². The maximum Gasteiger partial charge on any atom is 0.234 e. The van der Waals surface area contributed by atoms with Gasteiger partial charge in [-0.2, -0.15) is 0 Å². The van der Waals surface area contributed by atoms with Gasteiger partial charge in [-0.15, -0.1) is 0 Å². The van der Waals surface area contributed by atoms with Crippen molar-refractivity contribution < 1.29 is 9.59 Å². The Morgan fingerprint density at radius 3 is 1.61 bits per heavy atom. The molecule has 92 valence electrons. The van der Waals surface area contributed by atoms with Crippen molar-refractivity contribution in [2.75, 3.05) is 0 Å². The molecule has 0 aliphatic rings. The van der Waals surface area contributed by atoms with E-state index in [0.29, 0.717) is 0 Å². The number of thiol groups is 2. The van der Waals surface area contributed by atoms with E-state index in [2.05, 4.69) is 35.2 Å². The molecule has 2 aromatic rings. The van der Waals surface area contributed by atoms with Gasteiger partial charge in [-0.05, 0) is 24.3 Å². The van der Waals surface area contributed by atoms with Gasteiger partial charge < -0.3 is 0 Å². The molecular weight excluding hydrogens is 268 g/mol. The number of nitrogens with zero attached hydrogens (tertiary/aromatic N) is 2. The summed E-state index contributed by atoms with van der Waals surface area (Å²) >= 11 is 7.13. The summed E-state index contributed by atoms with van der Waals surface area (Å²) in [6, 6.07) is 10.2. The molecule has 0 fully saturated rings. The van der Waals surface area contributed by atoms with E-state index in [4.69, 9.17) is 0 Å². The zero-order valence-corrected chi connectivity index (χ0v) is 11.0. The van der Waals surface area contributed by atoms with Crippen LogP contribution in [0.25, 0.3) is 0 Å². The van der Waals surface area contributed by atoms with Crippen LogP contribution in [-0.2, 0) is 0 Å². The summed E-state index contributed by atoms with van der Waals surface area (Å²) < 4.78 is 0. The first kappa shape index (κ1) is 14.4. The first-order chi connectivity index (χ1) is 8.61. The van der Waals surface area contributed by atoms with E-state index >= 15 is 0 Å². The molecule has 2 rings (SSSR count). The Morgan fingerprint density at radius 2 is 1.33 bits per heavy atom. The first-order valence-corrected chi connectivity index (χ1v) is 5.79. The van der Waals surface area contributed by atoms with Crippen LogP contribution in [0.15, 0.2) is 48.8 Å². The Labute approximate surface area is 115 Å². The van der Waals surface area contributed by atoms with E-state index in [1.165, 1.54) is 12.1 Å². The van der Waals surface area contributed by atoms with Gasteiger partial charge in [0.15, 0.2) is 0 Å². The van der Waals surface area contributed by atoms with Crippen molar-refractivity contribution in [3.63, 3.8) is 0 Å². The van der Waals surface area contributed by atoms with Crippen molar-refractivity contribution in [2.24, 2.45) is 0 Å². The highest BCUT2D eigenvalue weighted by Gasteiger charge is 2.05. The molecule has 0 amide bonds. The maximum atomic E-state index is 10.7. The summed E-state index contributed by atoms with van der Waals surface area (Å²) in [4.78, 5) is 28.9. The van der Waals surface area contributed by atoms with Gasteiger partial charge in [0.1, 0.15) is 11.4 Å². The second-order valence-electron chi connectivity index (χ2n) is 3.04. The average Bonchev–Trinajstić information content (AvgIpc) is 2.41. The molecular formula is C12H10N2O2S2. The van der Waals surface area contributed by atoms with E-state index in [0.717, 1.165) is 0 Å². The van der Waals surface area contributed by atoms with E-state index in [9.17, 15) is 9.59 Å². The largest absolute Gasteiger partial charge is 0.280 e. The van der Waals surface area contributed by atoms with Crippen molar-refractivity contribution in [2.45, 2.75) is 0 Å². The third-order valence-corrected chi connectivity index (χ3v) is 2.21. The number of rotatable bonds is 2. The molecule has 2 heterocycles. The second kappa shape index (κ2) is 7.62. The van der Waals surface area contributed by atoms with Crippen molar-refractivity contribution >= 4 is 35.5 Å². The highest BCUT2D eigenvalue weighted by molar-refractivity contribution is 7.97. The molecule has 0 radical (unpaired) electrons. The van der Waals surface area contributed by atoms with Crippen LogP contribution >= 0.6 is 25.3 Å². The third-order valence-electron chi connectivity index (χ3n) is 1.75. The van der Waals surface area contributed by atoms with Gasteiger partial charge in [0, 0.05) is 12.4 Å². The lowest BCUT2D eigenvalue weighted by Crippen LogP contribution is -2.00. The summed E-state index contributed by atoms with van der Waals surface area (Å²) in [6.45, 7) is 0. The summed E-state index contributed by atoms with van der Waals surface area (Å²) in [7, 11) is 0. The van der Waals surface area contributed by atoms with E-state index in [1.54, 1.807) is 18.5 Å². The Bertz CT molecular complexity index is 477. The van der Waals surface area contributed by atoms with Gasteiger partial charge >= 0.3 is 0 Å². The lowest BCUT2D eigenvalue weighted by molar-refractivity contribution is 0.108. The van der Waals surface area contributed by atoms with Gasteiger partial charge in [-0.25, -0.2) is 4.98 Å². The molecule has 0 N–H and O–H groups in total. The first-order valence-electron chi connectivity index (χ1n) is 4.90. The molecule has 0 saturated heterocycles. The Kier molecular flexibility index (Phi) is 6.10. The molecule has 0 aliphatic carbocycles. The van der Waals surface area contributed by atoms with Gasteiger partial charge in [-0.1, -0.05) is 37.4 Å². The number of pyridine rings is 2. The number of hydrogen-bond donors (Lipinski definition) is 2. The van der Waals surface area contributed by atoms with E-state index in [1.807, 2.05) is 18.2 Å². The van der Waals surface area contributed by atoms with Gasteiger partial charge in [0.05, 0.1) is 0 Å². The monoisotopic (exact) mass is 278 g/mol. The third kappa shape index (κ3) is 5.11. The number of hydrogen-bond acceptors (Lipinski definition) is 4. The lowest BCUT2D eigenvalue weighted by atomic mass is 10.3. The van der Waals surface area contributed by atoms with Gasteiger partial charge in [0.2, 0.25) is 10.2 Å². The number of aromatic nitrogens is 2. The minimum Gasteiger partial charge on any atom is -0.280 e. The summed E-state index contributed by atoms with van der Waals surface area (Å²) in [5, 5.41) is -0.933. The molecule has 0 spiro atoms. The molecule has 0 saturated carbocycles. The molecule has 2 aromatic heterocycles. The summed E-state index contributed by atoms with van der Waals surface area (Å²) in [5.41, 5.74) is 0.302. The average molecular weight is 278 g/mol. The molecule has 0 aromatic carbocycles. The molecule has 6 heteroatoms. The Morgan fingerprint density at radius 1 is 0.833 bits per heavy atom. The second-order valence-corrected chi connectivity index (χ2v) is 3.86. The van der Waals surface area contributed by atoms with E-state index < -0.39 is 10.2 Å². The van der Waals surface area contributed by atoms with Gasteiger partial charge in [-0.3, -0.25) is 14.6 Å². The van der Waals surface area contributed by atoms with Crippen LogP contribution < -0.4 is 0 Å². The van der Waals surface area contributed by atoms with Crippen molar-refractivity contribution in [1.29, 1.82) is 0 Å². The minimum atomic E-state index is -0.466. The predicted octanol–water partition coefficient (Wildman–Crippen LogP) is 2.30. The van der Waals surface area contributed by atoms with Crippen LogP contribution in [0, 0.1) is 0 Å². The summed E-state index contributed by atoms with van der Waals surface area (Å²) in [6.07, 6.45) is 3.50. The van der Waals surface area contributed by atoms with Crippen LogP contribution in [0.2, 0.25) is 0 Å². The Balaban J connectivity index is 0.000000225. The standard InChI is InChI=1S/C7H5NO2S2.C5H5N/c9-6(11)4-2-1-3-5(8-4)7(10)12;1-2-4-6-5-3-1/h1-3H,(H,9,11)(H,10,12);1-5H. The van der Waals surface area contributed by atoms with Crippen LogP contribution in [0.5, 0.6) is 0 Å². The smallest absolute Gasteiger partial charge is 0.234 e. The SMILES string of the molecule is O=C(S)c1cccc(C(=O)S)n1.c1ccncc1. The highest BCUT2D eigenvalue weighted by Crippen LogP contribution is 2.04. The van der Waals surface area contributed by atoms with Crippen LogP contribution in [0.1, 0.15) is 21.0 Å². The zero-order chi connectivity index (χ0) is 13.4. The van der Waals surface area contributed by atoms with Crippen LogP contribution in [-0.4, -0.2) is 20.2 Å². The van der Waals surface area contributed by atoms with Crippen molar-refractivity contribution in [3.05, 3.63) is 60.2 Å². The quantitative estimate of drug-likeness (QED) is 0.828. The fraction of sp³-hybridized carbons (Fsp3) is 0. The molecule has 0 unspecified atom stereocenters. The van der Waals surface area contributed by atoms with E-state index in [-0.39, 0.29) is 11.4 Å². The molecule has 0 bridgehead atoms. The van der Waals surface area contributed by atoms with Crippen molar-refractivity contribution in [3.8, 4) is 0 Å². The lowest BCUT2D eigenvalue weighted by Gasteiger charge is -1.95. The summed E-state index contributed by atoms with van der Waals surface area (Å²) in [5.74, 6) is 0.